The molecule has 2 aromatic carbocycles. The fraction of sp³-hybridized carbons (Fsp3) is 0.300. The van der Waals surface area contributed by atoms with Crippen LogP contribution in [0.3, 0.4) is 0 Å². The Morgan fingerprint density at radius 2 is 1.83 bits per heavy atom. The van der Waals surface area contributed by atoms with Gasteiger partial charge in [0.25, 0.3) is 5.91 Å². The summed E-state index contributed by atoms with van der Waals surface area (Å²) >= 11 is 0. The van der Waals surface area contributed by atoms with Gasteiger partial charge in [0.05, 0.1) is 6.04 Å². The fourth-order valence-corrected chi connectivity index (χ4v) is 3.14. The van der Waals surface area contributed by atoms with Gasteiger partial charge in [-0.25, -0.2) is 0 Å². The second kappa shape index (κ2) is 6.87. The Bertz CT molecular complexity index is 752. The summed E-state index contributed by atoms with van der Waals surface area (Å²) in [6.45, 7) is 1.52. The maximum absolute atomic E-state index is 12.4. The number of benzene rings is 2. The number of ketones is 1. The van der Waals surface area contributed by atoms with Gasteiger partial charge in [-0.1, -0.05) is 24.3 Å². The summed E-state index contributed by atoms with van der Waals surface area (Å²) in [5.41, 5.74) is 3.19. The summed E-state index contributed by atoms with van der Waals surface area (Å²) in [6, 6.07) is 15.2. The second-order valence-corrected chi connectivity index (χ2v) is 6.13. The number of rotatable bonds is 5. The molecule has 0 aliphatic heterocycles. The van der Waals surface area contributed by atoms with Crippen molar-refractivity contribution in [3.05, 3.63) is 65.2 Å². The molecule has 1 aliphatic carbocycles. The van der Waals surface area contributed by atoms with Crippen LogP contribution in [0.1, 0.15) is 40.9 Å². The van der Waals surface area contributed by atoms with Gasteiger partial charge < -0.3 is 9.64 Å². The summed E-state index contributed by atoms with van der Waals surface area (Å²) in [5.74, 6) is 0.554. The molecule has 1 aliphatic rings. The van der Waals surface area contributed by atoms with Crippen molar-refractivity contribution >= 4 is 11.7 Å². The highest BCUT2D eigenvalue weighted by Gasteiger charge is 2.28. The van der Waals surface area contributed by atoms with E-state index in [0.29, 0.717) is 11.3 Å². The van der Waals surface area contributed by atoms with E-state index >= 15 is 0 Å². The first kappa shape index (κ1) is 16.2. The summed E-state index contributed by atoms with van der Waals surface area (Å²) in [7, 11) is 1.83. The minimum atomic E-state index is -0.0488. The Balaban J connectivity index is 1.60. The smallest absolute Gasteiger partial charge is 0.260 e. The average Bonchev–Trinajstić information content (AvgIpc) is 3.03. The molecule has 4 nitrogen and oxygen atoms in total. The second-order valence-electron chi connectivity index (χ2n) is 6.13. The molecule has 124 valence electrons. The molecule has 0 heterocycles. The fourth-order valence-electron chi connectivity index (χ4n) is 3.14. The number of nitrogens with zero attached hydrogens (tertiary/aromatic N) is 1. The highest BCUT2D eigenvalue weighted by Crippen LogP contribution is 2.34. The Hall–Kier alpha value is -2.62. The number of ether oxygens (including phenoxy) is 1. The Labute approximate surface area is 142 Å². The van der Waals surface area contributed by atoms with Crippen LogP contribution in [0.15, 0.2) is 48.5 Å². The van der Waals surface area contributed by atoms with Crippen molar-refractivity contribution in [2.75, 3.05) is 13.7 Å². The number of amides is 1. The Morgan fingerprint density at radius 1 is 1.12 bits per heavy atom. The van der Waals surface area contributed by atoms with Gasteiger partial charge in [-0.15, -0.1) is 0 Å². The molecule has 1 amide bonds. The molecule has 0 radical (unpaired) electrons. The first-order chi connectivity index (χ1) is 11.6. The van der Waals surface area contributed by atoms with Crippen molar-refractivity contribution in [2.45, 2.75) is 25.8 Å². The number of Topliss-reactive ketones (excluding diaryl/α,β-unsaturated/α-hetero) is 1. The number of fused-ring (bicyclic) bond motifs is 1. The van der Waals surface area contributed by atoms with E-state index in [0.717, 1.165) is 12.8 Å². The van der Waals surface area contributed by atoms with Crippen molar-refractivity contribution in [1.82, 2.24) is 4.90 Å². The van der Waals surface area contributed by atoms with Crippen LogP contribution >= 0.6 is 0 Å². The van der Waals surface area contributed by atoms with E-state index in [2.05, 4.69) is 12.1 Å². The molecule has 0 N–H and O–H groups in total. The molecular weight excluding hydrogens is 302 g/mol. The van der Waals surface area contributed by atoms with E-state index in [4.69, 9.17) is 4.74 Å². The van der Waals surface area contributed by atoms with Crippen LogP contribution in [0.4, 0.5) is 0 Å². The third kappa shape index (κ3) is 3.32. The number of carbonyl (C=O) groups is 2. The molecule has 2 aromatic rings. The highest BCUT2D eigenvalue weighted by atomic mass is 16.5. The lowest BCUT2D eigenvalue weighted by molar-refractivity contribution is -0.134. The lowest BCUT2D eigenvalue weighted by Gasteiger charge is -2.25. The van der Waals surface area contributed by atoms with E-state index in [1.54, 1.807) is 29.2 Å². The molecule has 24 heavy (non-hydrogen) atoms. The van der Waals surface area contributed by atoms with E-state index in [1.165, 1.54) is 18.1 Å². The van der Waals surface area contributed by atoms with Gasteiger partial charge >= 0.3 is 0 Å². The summed E-state index contributed by atoms with van der Waals surface area (Å²) < 4.78 is 5.57. The number of aryl methyl sites for hydroxylation is 1. The number of likely N-dealkylation sites (N-methyl/N-ethyl adjacent to an activating group) is 1. The largest absolute Gasteiger partial charge is 0.484 e. The molecule has 0 saturated heterocycles. The van der Waals surface area contributed by atoms with E-state index in [1.807, 2.05) is 19.2 Å². The maximum atomic E-state index is 12.4. The lowest BCUT2D eigenvalue weighted by Crippen LogP contribution is -2.34. The minimum Gasteiger partial charge on any atom is -0.484 e. The van der Waals surface area contributed by atoms with E-state index in [-0.39, 0.29) is 24.3 Å². The first-order valence-electron chi connectivity index (χ1n) is 8.13. The van der Waals surface area contributed by atoms with Gasteiger partial charge in [0.1, 0.15) is 5.75 Å². The van der Waals surface area contributed by atoms with Gasteiger partial charge in [-0.2, -0.15) is 0 Å². The molecule has 1 atom stereocenters. The van der Waals surface area contributed by atoms with Crippen LogP contribution in [0, 0.1) is 0 Å². The number of carbonyl (C=O) groups excluding carboxylic acids is 2. The van der Waals surface area contributed by atoms with Gasteiger partial charge in [-0.3, -0.25) is 9.59 Å². The molecular formula is C20H21NO3. The zero-order valence-electron chi connectivity index (χ0n) is 14.0. The first-order valence-corrected chi connectivity index (χ1v) is 8.13. The summed E-state index contributed by atoms with van der Waals surface area (Å²) in [4.78, 5) is 25.5. The van der Waals surface area contributed by atoms with E-state index < -0.39 is 0 Å². The molecule has 3 rings (SSSR count). The zero-order chi connectivity index (χ0) is 17.1. The minimum absolute atomic E-state index is 0.00537. The lowest BCUT2D eigenvalue weighted by atomic mass is 10.1. The standard InChI is InChI=1S/C20H21NO3/c1-14(22)15-7-10-17(11-8-15)24-13-20(23)21(2)19-12-9-16-5-3-4-6-18(16)19/h3-8,10-11,19H,9,12-13H2,1-2H3. The van der Waals surface area contributed by atoms with Crippen molar-refractivity contribution in [3.8, 4) is 5.75 Å². The van der Waals surface area contributed by atoms with Gasteiger partial charge in [0.15, 0.2) is 12.4 Å². The monoisotopic (exact) mass is 323 g/mol. The molecule has 1 unspecified atom stereocenters. The molecule has 4 heteroatoms. The molecule has 0 saturated carbocycles. The van der Waals surface area contributed by atoms with Gasteiger partial charge in [0, 0.05) is 12.6 Å². The predicted molar refractivity (Wildman–Crippen MR) is 92.2 cm³/mol. The van der Waals surface area contributed by atoms with Gasteiger partial charge in [-0.05, 0) is 55.2 Å². The van der Waals surface area contributed by atoms with Crippen LogP contribution in [0.5, 0.6) is 5.75 Å². The number of hydrogen-bond donors (Lipinski definition) is 0. The number of hydrogen-bond acceptors (Lipinski definition) is 3. The van der Waals surface area contributed by atoms with Gasteiger partial charge in [0.2, 0.25) is 0 Å². The van der Waals surface area contributed by atoms with Crippen LogP contribution in [-0.2, 0) is 11.2 Å². The third-order valence-corrected chi connectivity index (χ3v) is 4.59. The van der Waals surface area contributed by atoms with Crippen LogP contribution in [0.2, 0.25) is 0 Å². The van der Waals surface area contributed by atoms with Crippen molar-refractivity contribution < 1.29 is 14.3 Å². The molecule has 0 spiro atoms. The zero-order valence-corrected chi connectivity index (χ0v) is 14.0. The van der Waals surface area contributed by atoms with Crippen LogP contribution < -0.4 is 4.74 Å². The SMILES string of the molecule is CC(=O)c1ccc(OCC(=O)N(C)C2CCc3ccccc32)cc1. The molecule has 0 fully saturated rings. The Morgan fingerprint density at radius 3 is 2.54 bits per heavy atom. The van der Waals surface area contributed by atoms with Crippen LogP contribution in [-0.4, -0.2) is 30.2 Å². The van der Waals surface area contributed by atoms with Crippen LogP contribution in [0.25, 0.3) is 0 Å². The third-order valence-electron chi connectivity index (χ3n) is 4.59. The molecule has 0 bridgehead atoms. The van der Waals surface area contributed by atoms with E-state index in [9.17, 15) is 9.59 Å². The highest BCUT2D eigenvalue weighted by molar-refractivity contribution is 5.94. The summed E-state index contributed by atoms with van der Waals surface area (Å²) in [5, 5.41) is 0. The quantitative estimate of drug-likeness (QED) is 0.792. The maximum Gasteiger partial charge on any atom is 0.260 e. The topological polar surface area (TPSA) is 46.6 Å². The summed E-state index contributed by atoms with van der Waals surface area (Å²) in [6.07, 6.45) is 1.96. The van der Waals surface area contributed by atoms with Crippen molar-refractivity contribution in [3.63, 3.8) is 0 Å². The molecule has 0 aromatic heterocycles. The normalized spacial score (nSPS) is 15.7. The predicted octanol–water partition coefficient (Wildman–Crippen LogP) is 3.41. The van der Waals surface area contributed by atoms with Crippen molar-refractivity contribution in [1.29, 1.82) is 0 Å². The Kier molecular flexibility index (Phi) is 4.65. The van der Waals surface area contributed by atoms with Crippen molar-refractivity contribution in [2.24, 2.45) is 0 Å². The average molecular weight is 323 g/mol.